The minimum Gasteiger partial charge on any atom is -0.351 e. The highest BCUT2D eigenvalue weighted by atomic mass is 16.7. The molecule has 0 heterocycles. The summed E-state index contributed by atoms with van der Waals surface area (Å²) in [6, 6.07) is -0.0991. The van der Waals surface area contributed by atoms with Gasteiger partial charge < -0.3 is 15.2 Å². The molecule has 1 rings (SSSR count). The van der Waals surface area contributed by atoms with Gasteiger partial charge in [0.1, 0.15) is 0 Å². The Morgan fingerprint density at radius 3 is 2.50 bits per heavy atom. The van der Waals surface area contributed by atoms with Gasteiger partial charge in [-0.3, -0.25) is 0 Å². The molecule has 3 heteroatoms. The maximum Gasteiger partial charge on any atom is 0.176 e. The molecule has 0 aliphatic heterocycles. The van der Waals surface area contributed by atoms with Crippen LogP contribution in [0, 0.1) is 0 Å². The third-order valence-corrected chi connectivity index (χ3v) is 2.96. The summed E-state index contributed by atoms with van der Waals surface area (Å²) in [5.74, 6) is 0. The van der Waals surface area contributed by atoms with Crippen molar-refractivity contribution in [3.63, 3.8) is 0 Å². The molecule has 1 atom stereocenters. The zero-order valence-electron chi connectivity index (χ0n) is 10.6. The van der Waals surface area contributed by atoms with Crippen LogP contribution < -0.4 is 5.73 Å². The van der Waals surface area contributed by atoms with Crippen molar-refractivity contribution in [2.45, 2.75) is 58.3 Å². The fraction of sp³-hybridized carbons (Fsp3) is 0.846. The fourth-order valence-corrected chi connectivity index (χ4v) is 2.10. The lowest BCUT2D eigenvalue weighted by molar-refractivity contribution is -0.142. The Morgan fingerprint density at radius 2 is 1.88 bits per heavy atom. The predicted octanol–water partition coefficient (Wildman–Crippen LogP) is 2.60. The molecule has 0 fully saturated rings. The number of rotatable bonds is 6. The van der Waals surface area contributed by atoms with E-state index < -0.39 is 0 Å². The molecule has 3 nitrogen and oxygen atoms in total. The Balaban J connectivity index is 2.56. The minimum atomic E-state index is -0.278. The highest BCUT2D eigenvalue weighted by Gasteiger charge is 2.22. The summed E-state index contributed by atoms with van der Waals surface area (Å²) in [5.41, 5.74) is 7.53. The molecule has 0 aromatic carbocycles. The van der Waals surface area contributed by atoms with Crippen molar-refractivity contribution < 1.29 is 9.47 Å². The Kier molecular flexibility index (Phi) is 6.69. The van der Waals surface area contributed by atoms with Gasteiger partial charge >= 0.3 is 0 Å². The molecule has 0 spiro atoms. The van der Waals surface area contributed by atoms with Crippen molar-refractivity contribution in [1.82, 2.24) is 0 Å². The molecule has 0 amide bonds. The summed E-state index contributed by atoms with van der Waals surface area (Å²) in [7, 11) is 0. The number of ether oxygens (including phenoxy) is 2. The van der Waals surface area contributed by atoms with E-state index in [1.54, 1.807) is 0 Å². The summed E-state index contributed by atoms with van der Waals surface area (Å²) >= 11 is 0. The van der Waals surface area contributed by atoms with E-state index in [0.717, 1.165) is 12.8 Å². The minimum absolute atomic E-state index is 0.0991. The highest BCUT2D eigenvalue weighted by molar-refractivity contribution is 5.12. The molecule has 0 aromatic heterocycles. The van der Waals surface area contributed by atoms with Gasteiger partial charge in [0.05, 0.1) is 6.04 Å². The van der Waals surface area contributed by atoms with Crippen LogP contribution in [0.4, 0.5) is 0 Å². The van der Waals surface area contributed by atoms with Gasteiger partial charge in [0, 0.05) is 13.2 Å². The lowest BCUT2D eigenvalue weighted by Crippen LogP contribution is -2.40. The molecular weight excluding hydrogens is 202 g/mol. The van der Waals surface area contributed by atoms with E-state index >= 15 is 0 Å². The van der Waals surface area contributed by atoms with E-state index in [-0.39, 0.29) is 12.3 Å². The van der Waals surface area contributed by atoms with Crippen molar-refractivity contribution in [2.75, 3.05) is 13.2 Å². The first-order valence-electron chi connectivity index (χ1n) is 6.47. The predicted molar refractivity (Wildman–Crippen MR) is 66.2 cm³/mol. The normalized spacial score (nSPS) is 19.4. The van der Waals surface area contributed by atoms with Gasteiger partial charge in [0.25, 0.3) is 0 Å². The van der Waals surface area contributed by atoms with Crippen molar-refractivity contribution in [2.24, 2.45) is 5.73 Å². The third-order valence-electron chi connectivity index (χ3n) is 2.96. The lowest BCUT2D eigenvalue weighted by atomic mass is 10.0. The zero-order chi connectivity index (χ0) is 11.8. The largest absolute Gasteiger partial charge is 0.351 e. The molecule has 1 aliphatic rings. The van der Waals surface area contributed by atoms with Crippen LogP contribution in [0.5, 0.6) is 0 Å². The van der Waals surface area contributed by atoms with E-state index in [1.807, 2.05) is 13.8 Å². The van der Waals surface area contributed by atoms with Crippen molar-refractivity contribution >= 4 is 0 Å². The van der Waals surface area contributed by atoms with Crippen LogP contribution >= 0.6 is 0 Å². The molecule has 0 saturated heterocycles. The van der Waals surface area contributed by atoms with Gasteiger partial charge in [0.15, 0.2) is 6.29 Å². The van der Waals surface area contributed by atoms with E-state index in [2.05, 4.69) is 6.08 Å². The van der Waals surface area contributed by atoms with Gasteiger partial charge in [-0.15, -0.1) is 0 Å². The van der Waals surface area contributed by atoms with E-state index in [9.17, 15) is 0 Å². The summed E-state index contributed by atoms with van der Waals surface area (Å²) in [4.78, 5) is 0. The topological polar surface area (TPSA) is 44.5 Å². The fourth-order valence-electron chi connectivity index (χ4n) is 2.10. The standard InChI is InChI=1S/C13H25NO2/c1-3-15-13(16-4-2)12(14)11-9-7-5-6-8-10-11/h9,12-13H,3-8,10,14H2,1-2H3. The van der Waals surface area contributed by atoms with Gasteiger partial charge in [-0.1, -0.05) is 18.1 Å². The van der Waals surface area contributed by atoms with Crippen LogP contribution in [-0.2, 0) is 9.47 Å². The molecule has 1 unspecified atom stereocenters. The van der Waals surface area contributed by atoms with E-state index in [1.165, 1.54) is 24.8 Å². The average Bonchev–Trinajstić information content (AvgIpc) is 2.56. The highest BCUT2D eigenvalue weighted by Crippen LogP contribution is 2.21. The average molecular weight is 227 g/mol. The second-order valence-electron chi connectivity index (χ2n) is 4.18. The van der Waals surface area contributed by atoms with Crippen LogP contribution in [0.25, 0.3) is 0 Å². The van der Waals surface area contributed by atoms with Gasteiger partial charge in [0.2, 0.25) is 0 Å². The van der Waals surface area contributed by atoms with E-state index in [0.29, 0.717) is 13.2 Å². The van der Waals surface area contributed by atoms with Crippen LogP contribution in [0.2, 0.25) is 0 Å². The van der Waals surface area contributed by atoms with Crippen molar-refractivity contribution in [1.29, 1.82) is 0 Å². The Hall–Kier alpha value is -0.380. The summed E-state index contributed by atoms with van der Waals surface area (Å²) in [6.45, 7) is 5.23. The van der Waals surface area contributed by atoms with Crippen LogP contribution in [0.15, 0.2) is 11.6 Å². The Morgan fingerprint density at radius 1 is 1.19 bits per heavy atom. The molecule has 1 aliphatic carbocycles. The van der Waals surface area contributed by atoms with Crippen LogP contribution in [0.1, 0.15) is 46.0 Å². The van der Waals surface area contributed by atoms with Crippen molar-refractivity contribution in [3.05, 3.63) is 11.6 Å². The van der Waals surface area contributed by atoms with Gasteiger partial charge in [-0.25, -0.2) is 0 Å². The zero-order valence-corrected chi connectivity index (χ0v) is 10.6. The molecule has 0 saturated carbocycles. The van der Waals surface area contributed by atoms with Crippen LogP contribution in [-0.4, -0.2) is 25.5 Å². The van der Waals surface area contributed by atoms with Gasteiger partial charge in [-0.2, -0.15) is 0 Å². The SMILES string of the molecule is CCOC(OCC)C(N)C1=CCCCCC1. The number of allylic oxidation sites excluding steroid dienone is 1. The van der Waals surface area contributed by atoms with Crippen molar-refractivity contribution in [3.8, 4) is 0 Å². The first kappa shape index (κ1) is 13.7. The number of hydrogen-bond acceptors (Lipinski definition) is 3. The molecule has 16 heavy (non-hydrogen) atoms. The maximum absolute atomic E-state index is 6.22. The Labute approximate surface area is 99.0 Å². The molecular formula is C13H25NO2. The maximum atomic E-state index is 6.22. The number of nitrogens with two attached hydrogens (primary N) is 1. The second-order valence-corrected chi connectivity index (χ2v) is 4.18. The summed E-state index contributed by atoms with van der Waals surface area (Å²) in [6.07, 6.45) is 8.07. The Bertz CT molecular complexity index is 210. The molecule has 0 bridgehead atoms. The number of hydrogen-bond donors (Lipinski definition) is 1. The second kappa shape index (κ2) is 7.82. The quantitative estimate of drug-likeness (QED) is 0.560. The van der Waals surface area contributed by atoms with Crippen LogP contribution in [0.3, 0.4) is 0 Å². The molecule has 94 valence electrons. The lowest BCUT2D eigenvalue weighted by Gasteiger charge is -2.25. The summed E-state index contributed by atoms with van der Waals surface area (Å²) in [5, 5.41) is 0. The van der Waals surface area contributed by atoms with E-state index in [4.69, 9.17) is 15.2 Å². The molecule has 0 radical (unpaired) electrons. The molecule has 2 N–H and O–H groups in total. The monoisotopic (exact) mass is 227 g/mol. The molecule has 0 aromatic rings. The van der Waals surface area contributed by atoms with Gasteiger partial charge in [-0.05, 0) is 39.5 Å². The first-order chi connectivity index (χ1) is 7.79. The first-order valence-corrected chi connectivity index (χ1v) is 6.47. The smallest absolute Gasteiger partial charge is 0.176 e. The third kappa shape index (κ3) is 4.24. The summed E-state index contributed by atoms with van der Waals surface area (Å²) < 4.78 is 11.1.